The number of hydrogen-bond acceptors (Lipinski definition) is 3. The Bertz CT molecular complexity index is 459. The smallest absolute Gasteiger partial charge is 0.303 e. The van der Waals surface area contributed by atoms with Crippen LogP contribution in [0.2, 0.25) is 0 Å². The predicted molar refractivity (Wildman–Crippen MR) is 121 cm³/mol. The molecule has 0 saturated carbocycles. The average molecular weight is 409 g/mol. The minimum absolute atomic E-state index is 0.133. The van der Waals surface area contributed by atoms with Crippen molar-refractivity contribution in [1.82, 2.24) is 0 Å². The monoisotopic (exact) mass is 408 g/mol. The van der Waals surface area contributed by atoms with Crippen LogP contribution >= 0.6 is 0 Å². The first-order valence-corrected chi connectivity index (χ1v) is 11.6. The van der Waals surface area contributed by atoms with Gasteiger partial charge in [0.25, 0.3) is 0 Å². The van der Waals surface area contributed by atoms with Gasteiger partial charge in [-0.1, -0.05) is 95.0 Å². The van der Waals surface area contributed by atoms with Crippen molar-refractivity contribution in [3.8, 4) is 0 Å². The summed E-state index contributed by atoms with van der Waals surface area (Å²) < 4.78 is 5.65. The summed E-state index contributed by atoms with van der Waals surface area (Å²) in [5.74, 6) is -0.670. The van der Waals surface area contributed by atoms with Crippen LogP contribution in [0, 0.1) is 0 Å². The van der Waals surface area contributed by atoms with Crippen molar-refractivity contribution in [3.63, 3.8) is 0 Å². The third kappa shape index (κ3) is 22.8. The van der Waals surface area contributed by atoms with Gasteiger partial charge in [0.2, 0.25) is 0 Å². The Morgan fingerprint density at radius 3 is 2.10 bits per heavy atom. The second kappa shape index (κ2) is 21.3. The number of carbonyl (C=O) groups is 1. The van der Waals surface area contributed by atoms with Gasteiger partial charge in [-0.05, 0) is 31.7 Å². The molecule has 0 aliphatic heterocycles. The van der Waals surface area contributed by atoms with E-state index in [1.165, 1.54) is 50.5 Å². The van der Waals surface area contributed by atoms with E-state index in [0.29, 0.717) is 6.42 Å². The summed E-state index contributed by atoms with van der Waals surface area (Å²) >= 11 is 0. The second-order valence-electron chi connectivity index (χ2n) is 7.86. The predicted octanol–water partition coefficient (Wildman–Crippen LogP) is 6.75. The van der Waals surface area contributed by atoms with Crippen molar-refractivity contribution < 1.29 is 19.7 Å². The summed E-state index contributed by atoms with van der Waals surface area (Å²) in [5.41, 5.74) is 1.25. The SMILES string of the molecule is CC(O)CCCCCCCCOCc1ccccc1.CCCCCCCC(=O)O. The minimum Gasteiger partial charge on any atom is -0.481 e. The number of unbranched alkanes of at least 4 members (excludes halogenated alkanes) is 9. The van der Waals surface area contributed by atoms with Gasteiger partial charge in [-0.25, -0.2) is 0 Å². The Balaban J connectivity index is 0.000000665. The lowest BCUT2D eigenvalue weighted by Crippen LogP contribution is -1.98. The molecule has 29 heavy (non-hydrogen) atoms. The molecule has 0 fully saturated rings. The van der Waals surface area contributed by atoms with Crippen LogP contribution in [-0.2, 0) is 16.1 Å². The molecule has 0 amide bonds. The number of aliphatic carboxylic acids is 1. The summed E-state index contributed by atoms with van der Waals surface area (Å²) in [7, 11) is 0. The van der Waals surface area contributed by atoms with Gasteiger partial charge >= 0.3 is 5.97 Å². The molecule has 1 aromatic carbocycles. The number of aliphatic hydroxyl groups is 1. The van der Waals surface area contributed by atoms with Gasteiger partial charge < -0.3 is 14.9 Å². The van der Waals surface area contributed by atoms with Crippen LogP contribution in [-0.4, -0.2) is 28.9 Å². The third-order valence-electron chi connectivity index (χ3n) is 4.77. The number of aliphatic hydroxyl groups excluding tert-OH is 1. The van der Waals surface area contributed by atoms with Crippen molar-refractivity contribution in [1.29, 1.82) is 0 Å². The number of carboxylic acid groups (broad SMARTS) is 1. The molecular weight excluding hydrogens is 364 g/mol. The van der Waals surface area contributed by atoms with Gasteiger partial charge in [0.15, 0.2) is 0 Å². The first-order valence-electron chi connectivity index (χ1n) is 11.6. The molecule has 1 rings (SSSR count). The third-order valence-corrected chi connectivity index (χ3v) is 4.77. The zero-order valence-corrected chi connectivity index (χ0v) is 18.8. The number of ether oxygens (including phenoxy) is 1. The highest BCUT2D eigenvalue weighted by molar-refractivity contribution is 5.66. The van der Waals surface area contributed by atoms with E-state index in [4.69, 9.17) is 14.9 Å². The Hall–Kier alpha value is -1.39. The minimum atomic E-state index is -0.670. The summed E-state index contributed by atoms with van der Waals surface area (Å²) in [6.07, 6.45) is 14.1. The van der Waals surface area contributed by atoms with E-state index >= 15 is 0 Å². The Morgan fingerprint density at radius 2 is 1.48 bits per heavy atom. The fraction of sp³-hybridized carbons (Fsp3) is 0.720. The lowest BCUT2D eigenvalue weighted by atomic mass is 10.1. The first-order chi connectivity index (χ1) is 14.1. The van der Waals surface area contributed by atoms with Gasteiger partial charge in [0.05, 0.1) is 12.7 Å². The van der Waals surface area contributed by atoms with Crippen LogP contribution < -0.4 is 0 Å². The molecule has 2 N–H and O–H groups in total. The standard InChI is InChI=1S/C17H28O2.C8H16O2/c1-16(18)11-7-4-2-3-5-10-14-19-15-17-12-8-6-9-13-17;1-2-3-4-5-6-7-8(9)10/h6,8-9,12-13,16,18H,2-5,7,10-11,14-15H2,1H3;2-7H2,1H3,(H,9,10). The molecule has 0 heterocycles. The van der Waals surface area contributed by atoms with Crippen molar-refractivity contribution in [2.45, 2.75) is 110 Å². The van der Waals surface area contributed by atoms with Crippen molar-refractivity contribution >= 4 is 5.97 Å². The van der Waals surface area contributed by atoms with Crippen LogP contribution in [0.25, 0.3) is 0 Å². The maximum absolute atomic E-state index is 10.0. The fourth-order valence-electron chi connectivity index (χ4n) is 3.00. The summed E-state index contributed by atoms with van der Waals surface area (Å²) in [6, 6.07) is 10.3. The quantitative estimate of drug-likeness (QED) is 0.280. The number of rotatable bonds is 17. The van der Waals surface area contributed by atoms with Crippen molar-refractivity contribution in [3.05, 3.63) is 35.9 Å². The Morgan fingerprint density at radius 1 is 0.897 bits per heavy atom. The topological polar surface area (TPSA) is 66.8 Å². The summed E-state index contributed by atoms with van der Waals surface area (Å²) in [5, 5.41) is 17.4. The largest absolute Gasteiger partial charge is 0.481 e. The molecule has 1 unspecified atom stereocenters. The molecule has 0 bridgehead atoms. The first kappa shape index (κ1) is 27.6. The van der Waals surface area contributed by atoms with Crippen LogP contribution in [0.5, 0.6) is 0 Å². The van der Waals surface area contributed by atoms with E-state index < -0.39 is 5.97 Å². The molecule has 1 atom stereocenters. The zero-order valence-electron chi connectivity index (χ0n) is 18.8. The van der Waals surface area contributed by atoms with Crippen molar-refractivity contribution in [2.24, 2.45) is 0 Å². The highest BCUT2D eigenvalue weighted by Crippen LogP contribution is 2.09. The lowest BCUT2D eigenvalue weighted by Gasteiger charge is -2.05. The molecule has 0 spiro atoms. The molecule has 0 aliphatic rings. The lowest BCUT2D eigenvalue weighted by molar-refractivity contribution is -0.137. The van der Waals surface area contributed by atoms with Crippen LogP contribution in [0.1, 0.15) is 103 Å². The van der Waals surface area contributed by atoms with Gasteiger partial charge in [-0.15, -0.1) is 0 Å². The molecule has 0 aliphatic carbocycles. The van der Waals surface area contributed by atoms with Crippen LogP contribution in [0.3, 0.4) is 0 Å². The Labute approximate surface area is 178 Å². The molecule has 1 aromatic rings. The molecule has 4 heteroatoms. The van der Waals surface area contributed by atoms with E-state index in [-0.39, 0.29) is 6.10 Å². The van der Waals surface area contributed by atoms with E-state index in [1.807, 2.05) is 25.1 Å². The van der Waals surface area contributed by atoms with E-state index in [9.17, 15) is 4.79 Å². The van der Waals surface area contributed by atoms with Gasteiger partial charge in [-0.2, -0.15) is 0 Å². The molecular formula is C25H44O4. The molecule has 0 radical (unpaired) electrons. The fourth-order valence-corrected chi connectivity index (χ4v) is 3.00. The maximum Gasteiger partial charge on any atom is 0.303 e. The number of benzene rings is 1. The van der Waals surface area contributed by atoms with Crippen LogP contribution in [0.15, 0.2) is 30.3 Å². The van der Waals surface area contributed by atoms with Gasteiger partial charge in [0, 0.05) is 13.0 Å². The second-order valence-corrected chi connectivity index (χ2v) is 7.86. The molecule has 4 nitrogen and oxygen atoms in total. The van der Waals surface area contributed by atoms with Crippen molar-refractivity contribution in [2.75, 3.05) is 6.61 Å². The molecule has 0 aromatic heterocycles. The number of hydrogen-bond donors (Lipinski definition) is 2. The average Bonchev–Trinajstić information content (AvgIpc) is 2.70. The van der Waals surface area contributed by atoms with Gasteiger partial charge in [-0.3, -0.25) is 4.79 Å². The summed E-state index contributed by atoms with van der Waals surface area (Å²) in [4.78, 5) is 10.0. The highest BCUT2D eigenvalue weighted by Gasteiger charge is 1.97. The summed E-state index contributed by atoms with van der Waals surface area (Å²) in [6.45, 7) is 5.61. The maximum atomic E-state index is 10.0. The van der Waals surface area contributed by atoms with Gasteiger partial charge in [0.1, 0.15) is 0 Å². The van der Waals surface area contributed by atoms with E-state index in [1.54, 1.807) is 0 Å². The zero-order chi connectivity index (χ0) is 21.6. The molecule has 0 saturated heterocycles. The van der Waals surface area contributed by atoms with Crippen LogP contribution in [0.4, 0.5) is 0 Å². The van der Waals surface area contributed by atoms with E-state index in [2.05, 4.69) is 19.1 Å². The van der Waals surface area contributed by atoms with E-state index in [0.717, 1.165) is 45.3 Å². The number of carboxylic acids is 1. The molecule has 168 valence electrons. The highest BCUT2D eigenvalue weighted by atomic mass is 16.5. The Kier molecular flexibility index (Phi) is 20.3. The normalized spacial score (nSPS) is 11.6.